The molecule has 0 heterocycles. The maximum atomic E-state index is 10.7. The van der Waals surface area contributed by atoms with Crippen LogP contribution < -0.4 is 10.4 Å². The van der Waals surface area contributed by atoms with Crippen molar-refractivity contribution in [2.75, 3.05) is 6.61 Å². The molecular weight excluding hydrogens is 376 g/mol. The molecule has 156 valence electrons. The van der Waals surface area contributed by atoms with Crippen LogP contribution in [0.5, 0.6) is 0 Å². The third kappa shape index (κ3) is 5.17. The summed E-state index contributed by atoms with van der Waals surface area (Å²) in [4.78, 5) is 10.7. The summed E-state index contributed by atoms with van der Waals surface area (Å²) in [7, 11) is -2.43. The van der Waals surface area contributed by atoms with Gasteiger partial charge >= 0.3 is 5.97 Å². The number of carboxylic acids is 1. The Bertz CT molecular complexity index is 743. The van der Waals surface area contributed by atoms with E-state index in [2.05, 4.69) is 81.4 Å². The van der Waals surface area contributed by atoms with Gasteiger partial charge in [-0.1, -0.05) is 94.3 Å². The molecule has 29 heavy (non-hydrogen) atoms. The lowest BCUT2D eigenvalue weighted by molar-refractivity contribution is -0.137. The molecule has 4 heteroatoms. The maximum absolute atomic E-state index is 10.7. The number of hydrogen-bond acceptors (Lipinski definition) is 2. The average Bonchev–Trinajstić information content (AvgIpc) is 3.44. The summed E-state index contributed by atoms with van der Waals surface area (Å²) in [6, 6.07) is 21.6. The maximum Gasteiger partial charge on any atom is 0.303 e. The third-order valence-electron chi connectivity index (χ3n) is 6.22. The van der Waals surface area contributed by atoms with Gasteiger partial charge < -0.3 is 9.53 Å². The zero-order valence-electron chi connectivity index (χ0n) is 17.9. The third-order valence-corrected chi connectivity index (χ3v) is 11.2. The molecule has 0 aliphatic heterocycles. The molecule has 1 saturated carbocycles. The van der Waals surface area contributed by atoms with Crippen molar-refractivity contribution in [2.24, 2.45) is 11.8 Å². The predicted octanol–water partition coefficient (Wildman–Crippen LogP) is 4.84. The molecule has 1 N–H and O–H groups in total. The summed E-state index contributed by atoms with van der Waals surface area (Å²) in [5.74, 6) is 0.621. The molecule has 0 spiro atoms. The molecule has 1 fully saturated rings. The summed E-state index contributed by atoms with van der Waals surface area (Å²) < 4.78 is 7.01. The number of rotatable bonds is 10. The average molecular weight is 411 g/mol. The van der Waals surface area contributed by atoms with Gasteiger partial charge in [0.25, 0.3) is 8.32 Å². The molecule has 0 unspecified atom stereocenters. The summed E-state index contributed by atoms with van der Waals surface area (Å²) >= 11 is 0. The number of aliphatic carboxylic acids is 1. The fourth-order valence-electron chi connectivity index (χ4n) is 4.54. The largest absolute Gasteiger partial charge is 0.481 e. The molecular formula is C25H34O3Si. The molecule has 2 atom stereocenters. The van der Waals surface area contributed by atoms with Gasteiger partial charge in [0, 0.05) is 13.0 Å². The monoisotopic (exact) mass is 410 g/mol. The van der Waals surface area contributed by atoms with Crippen LogP contribution in [0.3, 0.4) is 0 Å². The van der Waals surface area contributed by atoms with E-state index < -0.39 is 14.3 Å². The van der Waals surface area contributed by atoms with Crippen molar-refractivity contribution in [2.45, 2.75) is 57.9 Å². The Morgan fingerprint density at radius 1 is 0.966 bits per heavy atom. The molecule has 0 bridgehead atoms. The van der Waals surface area contributed by atoms with Gasteiger partial charge in [-0.2, -0.15) is 0 Å². The van der Waals surface area contributed by atoms with E-state index in [1.807, 2.05) is 0 Å². The highest BCUT2D eigenvalue weighted by Gasteiger charge is 2.51. The van der Waals surface area contributed by atoms with E-state index >= 15 is 0 Å². The smallest absolute Gasteiger partial charge is 0.303 e. The fourth-order valence-corrected chi connectivity index (χ4v) is 9.16. The van der Waals surface area contributed by atoms with Crippen LogP contribution in [0.25, 0.3) is 0 Å². The van der Waals surface area contributed by atoms with Crippen molar-refractivity contribution in [3.63, 3.8) is 0 Å². The molecule has 1 aliphatic carbocycles. The Kier molecular flexibility index (Phi) is 6.96. The lowest BCUT2D eigenvalue weighted by atomic mass is 10.1. The van der Waals surface area contributed by atoms with E-state index in [0.717, 1.165) is 25.9 Å². The van der Waals surface area contributed by atoms with Crippen LogP contribution in [0.4, 0.5) is 0 Å². The second-order valence-corrected chi connectivity index (χ2v) is 13.7. The van der Waals surface area contributed by atoms with E-state index in [0.29, 0.717) is 11.8 Å². The topological polar surface area (TPSA) is 46.5 Å². The zero-order valence-corrected chi connectivity index (χ0v) is 18.9. The second-order valence-electron chi connectivity index (χ2n) is 9.37. The molecule has 0 aromatic heterocycles. The summed E-state index contributed by atoms with van der Waals surface area (Å²) in [5.41, 5.74) is 0. The minimum atomic E-state index is -2.43. The normalized spacial score (nSPS) is 19.1. The molecule has 0 saturated heterocycles. The molecule has 0 amide bonds. The first-order valence-electron chi connectivity index (χ1n) is 10.8. The summed E-state index contributed by atoms with van der Waals surface area (Å²) in [6.45, 7) is 7.75. The zero-order chi connectivity index (χ0) is 20.9. The van der Waals surface area contributed by atoms with Gasteiger partial charge in [-0.3, -0.25) is 4.79 Å². The van der Waals surface area contributed by atoms with Crippen LogP contribution in [-0.4, -0.2) is 26.0 Å². The molecule has 3 rings (SSSR count). The van der Waals surface area contributed by atoms with Gasteiger partial charge in [0.2, 0.25) is 0 Å². The molecule has 2 aromatic carbocycles. The molecule has 1 aliphatic rings. The van der Waals surface area contributed by atoms with E-state index in [4.69, 9.17) is 9.53 Å². The number of carboxylic acid groups (broad SMARTS) is 1. The highest BCUT2D eigenvalue weighted by atomic mass is 28.4. The van der Waals surface area contributed by atoms with Gasteiger partial charge in [-0.25, -0.2) is 0 Å². The Hall–Kier alpha value is -1.91. The Balaban J connectivity index is 1.75. The fraction of sp³-hybridized carbons (Fsp3) is 0.480. The lowest BCUT2D eigenvalue weighted by Crippen LogP contribution is -2.66. The van der Waals surface area contributed by atoms with Crippen LogP contribution in [0.2, 0.25) is 5.04 Å². The summed E-state index contributed by atoms with van der Waals surface area (Å²) in [5, 5.41) is 11.5. The number of unbranched alkanes of at least 4 members (excludes halogenated alkanes) is 1. The molecule has 0 radical (unpaired) electrons. The molecule has 2 aromatic rings. The quantitative estimate of drug-likeness (QED) is 0.450. The van der Waals surface area contributed by atoms with Gasteiger partial charge in [-0.15, -0.1) is 0 Å². The standard InChI is InChI=1S/C25H34O3Si/c1-25(2,3)29(22-13-6-4-7-14-22,23-15-8-5-9-16-23)28-19-21-18-20(21)12-10-11-17-24(26)27/h4-9,13-16,20-21H,10-12,17-19H2,1-3H3,(H,26,27)/t20-,21+/m1/s1. The Labute approximate surface area is 176 Å². The van der Waals surface area contributed by atoms with Crippen LogP contribution in [0.1, 0.15) is 52.9 Å². The van der Waals surface area contributed by atoms with Crippen molar-refractivity contribution >= 4 is 24.7 Å². The van der Waals surface area contributed by atoms with Crippen LogP contribution in [0, 0.1) is 11.8 Å². The first kappa shape index (κ1) is 21.8. The van der Waals surface area contributed by atoms with Gasteiger partial charge in [0.1, 0.15) is 0 Å². The van der Waals surface area contributed by atoms with Gasteiger partial charge in [-0.05, 0) is 40.1 Å². The second kappa shape index (κ2) is 9.27. The number of benzene rings is 2. The first-order chi connectivity index (χ1) is 13.8. The lowest BCUT2D eigenvalue weighted by Gasteiger charge is -2.43. The van der Waals surface area contributed by atoms with Crippen molar-refractivity contribution in [1.82, 2.24) is 0 Å². The Morgan fingerprint density at radius 3 is 2.00 bits per heavy atom. The first-order valence-corrected chi connectivity index (χ1v) is 12.7. The predicted molar refractivity (Wildman–Crippen MR) is 121 cm³/mol. The highest BCUT2D eigenvalue weighted by molar-refractivity contribution is 6.99. The number of hydrogen-bond donors (Lipinski definition) is 1. The van der Waals surface area contributed by atoms with Crippen LogP contribution in [-0.2, 0) is 9.22 Å². The van der Waals surface area contributed by atoms with Crippen molar-refractivity contribution in [1.29, 1.82) is 0 Å². The minimum Gasteiger partial charge on any atom is -0.481 e. The van der Waals surface area contributed by atoms with Crippen molar-refractivity contribution < 1.29 is 14.3 Å². The van der Waals surface area contributed by atoms with Gasteiger partial charge in [0.05, 0.1) is 0 Å². The van der Waals surface area contributed by atoms with E-state index in [-0.39, 0.29) is 11.5 Å². The van der Waals surface area contributed by atoms with E-state index in [1.54, 1.807) is 0 Å². The SMILES string of the molecule is CC(C)(C)[Si](OC[C@@H]1C[C@H]1CCCCC(=O)O)(c1ccccc1)c1ccccc1. The van der Waals surface area contributed by atoms with Crippen molar-refractivity contribution in [3.05, 3.63) is 60.7 Å². The Morgan fingerprint density at radius 2 is 1.52 bits per heavy atom. The molecule has 3 nitrogen and oxygen atoms in total. The minimum absolute atomic E-state index is 0.0155. The highest BCUT2D eigenvalue weighted by Crippen LogP contribution is 2.44. The van der Waals surface area contributed by atoms with Crippen molar-refractivity contribution in [3.8, 4) is 0 Å². The van der Waals surface area contributed by atoms with Gasteiger partial charge in [0.15, 0.2) is 0 Å². The summed E-state index contributed by atoms with van der Waals surface area (Å²) in [6.07, 6.45) is 4.42. The van der Waals surface area contributed by atoms with E-state index in [1.165, 1.54) is 16.8 Å². The number of carbonyl (C=O) groups is 1. The van der Waals surface area contributed by atoms with Crippen LogP contribution >= 0.6 is 0 Å². The van der Waals surface area contributed by atoms with Crippen LogP contribution in [0.15, 0.2) is 60.7 Å². The van der Waals surface area contributed by atoms with E-state index in [9.17, 15) is 4.79 Å².